The van der Waals surface area contributed by atoms with Crippen LogP contribution in [0.3, 0.4) is 0 Å². The highest BCUT2D eigenvalue weighted by molar-refractivity contribution is 7.73. The van der Waals surface area contributed by atoms with Crippen LogP contribution in [0.5, 0.6) is 0 Å². The fourth-order valence-electron chi connectivity index (χ4n) is 2.04. The summed E-state index contributed by atoms with van der Waals surface area (Å²) >= 11 is 0. The third kappa shape index (κ3) is 12.0. The van der Waals surface area contributed by atoms with Crippen molar-refractivity contribution in [3.63, 3.8) is 0 Å². The molecule has 0 aromatic carbocycles. The summed E-state index contributed by atoms with van der Waals surface area (Å²) in [5, 5.41) is 1.44. The Balaban J connectivity index is 3.48. The molecule has 6 heteroatoms. The van der Waals surface area contributed by atoms with E-state index >= 15 is 0 Å². The number of nitrogens with one attached hydrogen (secondary N) is 1. The van der Waals surface area contributed by atoms with Crippen molar-refractivity contribution in [2.75, 3.05) is 0 Å². The smallest absolute Gasteiger partial charge is 0.313 e. The van der Waals surface area contributed by atoms with Crippen LogP contribution >= 0.6 is 0 Å². The molecule has 2 amide bonds. The third-order valence-corrected chi connectivity index (χ3v) is 4.04. The molecular weight excluding hydrogens is 264 g/mol. The molecule has 1 atom stereocenters. The van der Waals surface area contributed by atoms with Crippen LogP contribution in [0.25, 0.3) is 0 Å². The SMILES string of the molecule is CCCCCCCCCCCC(NC(N)=O)[SH](=O)=O. The van der Waals surface area contributed by atoms with Gasteiger partial charge in [0.15, 0.2) is 10.7 Å². The van der Waals surface area contributed by atoms with Gasteiger partial charge in [0, 0.05) is 0 Å². The molecular formula is C13H28N2O3S. The van der Waals surface area contributed by atoms with Gasteiger partial charge in [-0.1, -0.05) is 64.7 Å². The third-order valence-electron chi connectivity index (χ3n) is 3.14. The van der Waals surface area contributed by atoms with E-state index in [0.717, 1.165) is 19.3 Å². The molecule has 0 aliphatic carbocycles. The first-order chi connectivity index (χ1) is 9.07. The molecule has 1 unspecified atom stereocenters. The van der Waals surface area contributed by atoms with E-state index in [1.54, 1.807) is 0 Å². The molecule has 0 aliphatic heterocycles. The zero-order chi connectivity index (χ0) is 14.5. The number of rotatable bonds is 12. The Labute approximate surface area is 118 Å². The van der Waals surface area contributed by atoms with Crippen molar-refractivity contribution in [1.29, 1.82) is 0 Å². The lowest BCUT2D eigenvalue weighted by molar-refractivity contribution is 0.247. The summed E-state index contributed by atoms with van der Waals surface area (Å²) in [6, 6.07) is -0.778. The Hall–Kier alpha value is -0.780. The minimum Gasteiger partial charge on any atom is -0.352 e. The van der Waals surface area contributed by atoms with Gasteiger partial charge in [0.05, 0.1) is 0 Å². The van der Waals surface area contributed by atoms with Crippen LogP contribution in [0.1, 0.15) is 71.1 Å². The second kappa shape index (κ2) is 12.3. The topological polar surface area (TPSA) is 89.3 Å². The summed E-state index contributed by atoms with van der Waals surface area (Å²) in [5.41, 5.74) is 4.92. The fourth-order valence-corrected chi connectivity index (χ4v) is 2.67. The van der Waals surface area contributed by atoms with Gasteiger partial charge < -0.3 is 11.1 Å². The van der Waals surface area contributed by atoms with Crippen LogP contribution < -0.4 is 11.1 Å². The molecule has 0 heterocycles. The van der Waals surface area contributed by atoms with Crippen LogP contribution in [0, 0.1) is 0 Å². The summed E-state index contributed by atoms with van der Waals surface area (Å²) < 4.78 is 21.7. The summed E-state index contributed by atoms with van der Waals surface area (Å²) in [4.78, 5) is 10.6. The molecule has 0 spiro atoms. The zero-order valence-corrected chi connectivity index (χ0v) is 12.8. The maximum Gasteiger partial charge on any atom is 0.313 e. The second-order valence-electron chi connectivity index (χ2n) is 4.93. The Morgan fingerprint density at radius 1 is 1.00 bits per heavy atom. The number of urea groups is 1. The molecule has 0 radical (unpaired) electrons. The van der Waals surface area contributed by atoms with Gasteiger partial charge in [-0.05, 0) is 6.42 Å². The number of hydrogen-bond acceptors (Lipinski definition) is 3. The predicted octanol–water partition coefficient (Wildman–Crippen LogP) is 2.51. The van der Waals surface area contributed by atoms with Gasteiger partial charge in [-0.15, -0.1) is 0 Å². The van der Waals surface area contributed by atoms with Gasteiger partial charge in [-0.2, -0.15) is 0 Å². The average molecular weight is 292 g/mol. The van der Waals surface area contributed by atoms with Crippen LogP contribution in [-0.4, -0.2) is 19.8 Å². The maximum absolute atomic E-state index is 10.9. The molecule has 0 bridgehead atoms. The monoisotopic (exact) mass is 292 g/mol. The van der Waals surface area contributed by atoms with Crippen molar-refractivity contribution in [3.8, 4) is 0 Å². The number of unbranched alkanes of at least 4 members (excludes halogenated alkanes) is 8. The normalized spacial score (nSPS) is 12.5. The van der Waals surface area contributed by atoms with E-state index in [1.165, 1.54) is 38.5 Å². The lowest BCUT2D eigenvalue weighted by Gasteiger charge is -2.10. The number of nitrogens with two attached hydrogens (primary N) is 1. The van der Waals surface area contributed by atoms with Crippen LogP contribution in [0.15, 0.2) is 0 Å². The molecule has 114 valence electrons. The van der Waals surface area contributed by atoms with Crippen molar-refractivity contribution < 1.29 is 13.2 Å². The van der Waals surface area contributed by atoms with Crippen LogP contribution in [0.4, 0.5) is 4.79 Å². The van der Waals surface area contributed by atoms with Gasteiger partial charge in [0.25, 0.3) is 0 Å². The molecule has 0 fully saturated rings. The summed E-state index contributed by atoms with van der Waals surface area (Å²) in [6.45, 7) is 2.21. The highest BCUT2D eigenvalue weighted by Crippen LogP contribution is 2.11. The van der Waals surface area contributed by atoms with Gasteiger partial charge in [0.1, 0.15) is 5.37 Å². The van der Waals surface area contributed by atoms with Gasteiger partial charge in [0.2, 0.25) is 0 Å². The predicted molar refractivity (Wildman–Crippen MR) is 78.7 cm³/mol. The second-order valence-corrected chi connectivity index (χ2v) is 6.12. The van der Waals surface area contributed by atoms with Crippen molar-refractivity contribution >= 4 is 16.7 Å². The van der Waals surface area contributed by atoms with Crippen molar-refractivity contribution in [2.45, 2.75) is 76.5 Å². The highest BCUT2D eigenvalue weighted by atomic mass is 32.2. The van der Waals surface area contributed by atoms with Gasteiger partial charge >= 0.3 is 6.03 Å². The summed E-state index contributed by atoms with van der Waals surface area (Å²) in [5.74, 6) is 0. The molecule has 0 aromatic heterocycles. The number of primary amides is 1. The standard InChI is InChI=1S/C13H28N2O3S/c1-2-3-4-5-6-7-8-9-10-11-12(19(17)18)15-13(14)16/h12,19H,2-11H2,1H3,(H3,14,15,16). The molecule has 19 heavy (non-hydrogen) atoms. The lowest BCUT2D eigenvalue weighted by atomic mass is 10.1. The first-order valence-corrected chi connectivity index (χ1v) is 8.52. The average Bonchev–Trinajstić information content (AvgIpc) is 2.34. The number of amides is 2. The van der Waals surface area contributed by atoms with Crippen molar-refractivity contribution in [1.82, 2.24) is 5.32 Å². The largest absolute Gasteiger partial charge is 0.352 e. The Morgan fingerprint density at radius 3 is 1.89 bits per heavy atom. The minimum atomic E-state index is -2.64. The van der Waals surface area contributed by atoms with Crippen LogP contribution in [0.2, 0.25) is 0 Å². The fraction of sp³-hybridized carbons (Fsp3) is 0.923. The summed E-state index contributed by atoms with van der Waals surface area (Å²) in [6.07, 6.45) is 11.1. The van der Waals surface area contributed by atoms with E-state index in [0.29, 0.717) is 6.42 Å². The molecule has 0 rings (SSSR count). The van der Waals surface area contributed by atoms with Crippen molar-refractivity contribution in [3.05, 3.63) is 0 Å². The Kier molecular flexibility index (Phi) is 11.8. The quantitative estimate of drug-likeness (QED) is 0.381. The zero-order valence-electron chi connectivity index (χ0n) is 11.9. The van der Waals surface area contributed by atoms with E-state index in [4.69, 9.17) is 5.73 Å². The maximum atomic E-state index is 10.9. The molecule has 3 N–H and O–H groups in total. The molecule has 0 saturated heterocycles. The lowest BCUT2D eigenvalue weighted by Crippen LogP contribution is -2.39. The molecule has 0 aromatic rings. The van der Waals surface area contributed by atoms with E-state index in [9.17, 15) is 13.2 Å². The molecule has 0 aliphatic rings. The van der Waals surface area contributed by atoms with Crippen molar-refractivity contribution in [2.24, 2.45) is 5.73 Å². The van der Waals surface area contributed by atoms with E-state index in [1.807, 2.05) is 0 Å². The number of carbonyl (C=O) groups is 1. The summed E-state index contributed by atoms with van der Waals surface area (Å²) in [7, 11) is -2.64. The minimum absolute atomic E-state index is 0.456. The van der Waals surface area contributed by atoms with Gasteiger partial charge in [-0.3, -0.25) is 0 Å². The van der Waals surface area contributed by atoms with E-state index < -0.39 is 22.1 Å². The van der Waals surface area contributed by atoms with Gasteiger partial charge in [-0.25, -0.2) is 13.2 Å². The molecule has 0 saturated carbocycles. The first kappa shape index (κ1) is 18.2. The van der Waals surface area contributed by atoms with Crippen LogP contribution in [-0.2, 0) is 10.7 Å². The number of carbonyl (C=O) groups excluding carboxylic acids is 1. The van der Waals surface area contributed by atoms with E-state index in [2.05, 4.69) is 12.2 Å². The first-order valence-electron chi connectivity index (χ1n) is 7.27. The Morgan fingerprint density at radius 2 is 1.47 bits per heavy atom. The molecule has 5 nitrogen and oxygen atoms in total. The highest BCUT2D eigenvalue weighted by Gasteiger charge is 2.12. The van der Waals surface area contributed by atoms with E-state index in [-0.39, 0.29) is 0 Å². The number of hydrogen-bond donors (Lipinski definition) is 3. The Bertz CT molecular complexity index is 298. The number of thiol groups is 1.